The molecule has 0 bridgehead atoms. The molecule has 0 spiro atoms. The largest absolute Gasteiger partial charge is 0.396 e. The second kappa shape index (κ2) is 7.81. The molecule has 1 nitrogen and oxygen atoms in total. The third kappa shape index (κ3) is 5.42. The van der Waals surface area contributed by atoms with Crippen molar-refractivity contribution in [1.82, 2.24) is 0 Å². The lowest BCUT2D eigenvalue weighted by atomic mass is 10.1. The van der Waals surface area contributed by atoms with Gasteiger partial charge in [0.2, 0.25) is 0 Å². The summed E-state index contributed by atoms with van der Waals surface area (Å²) in [5.74, 6) is 0. The second-order valence-electron chi connectivity index (χ2n) is 2.81. The molecule has 0 atom stereocenters. The Bertz CT molecular complexity index is 201. The topological polar surface area (TPSA) is 20.2 Å². The molecule has 1 N–H and O–H groups in total. The van der Waals surface area contributed by atoms with E-state index in [4.69, 9.17) is 5.11 Å². The minimum absolute atomic E-state index is 0.286. The molecule has 0 aromatic heterocycles. The van der Waals surface area contributed by atoms with Crippen LogP contribution in [0.4, 0.5) is 0 Å². The molecular weight excluding hydrogens is 160 g/mol. The van der Waals surface area contributed by atoms with Gasteiger partial charge in [0.25, 0.3) is 0 Å². The number of benzene rings is 1. The lowest BCUT2D eigenvalue weighted by Gasteiger charge is -1.98. The van der Waals surface area contributed by atoms with Crippen LogP contribution in [0.3, 0.4) is 0 Å². The van der Waals surface area contributed by atoms with E-state index in [1.54, 1.807) is 0 Å². The number of aliphatic hydroxyl groups excluding tert-OH is 1. The fourth-order valence-electron chi connectivity index (χ4n) is 1.04. The Kier molecular flexibility index (Phi) is 7.32. The quantitative estimate of drug-likeness (QED) is 0.758. The van der Waals surface area contributed by atoms with E-state index in [1.165, 1.54) is 11.1 Å². The zero-order chi connectivity index (χ0) is 10.1. The van der Waals surface area contributed by atoms with Crippen LogP contribution in [0.5, 0.6) is 0 Å². The summed E-state index contributed by atoms with van der Waals surface area (Å²) in [6.45, 7) is 6.36. The Hall–Kier alpha value is -0.820. The summed E-state index contributed by atoms with van der Waals surface area (Å²) in [4.78, 5) is 0. The standard InChI is InChI=1S/C10H14O.C2H6/c1-9-4-6-10(7-5-9)3-2-8-11;1-2/h4-7,11H,2-3,8H2,1H3;1-2H3. The van der Waals surface area contributed by atoms with Crippen LogP contribution in [-0.2, 0) is 6.42 Å². The number of aryl methyl sites for hydroxylation is 2. The SMILES string of the molecule is CC.Cc1ccc(CCCO)cc1. The van der Waals surface area contributed by atoms with Gasteiger partial charge in [-0.15, -0.1) is 0 Å². The summed E-state index contributed by atoms with van der Waals surface area (Å²) >= 11 is 0. The Morgan fingerprint density at radius 3 is 2.08 bits per heavy atom. The van der Waals surface area contributed by atoms with E-state index in [-0.39, 0.29) is 6.61 Å². The molecule has 1 aromatic carbocycles. The molecule has 74 valence electrons. The summed E-state index contributed by atoms with van der Waals surface area (Å²) in [6.07, 6.45) is 1.85. The van der Waals surface area contributed by atoms with Crippen LogP contribution in [0.1, 0.15) is 31.4 Å². The molecule has 0 radical (unpaired) electrons. The summed E-state index contributed by atoms with van der Waals surface area (Å²) in [5.41, 5.74) is 2.60. The molecule has 0 aliphatic heterocycles. The van der Waals surface area contributed by atoms with Crippen LogP contribution in [-0.4, -0.2) is 11.7 Å². The van der Waals surface area contributed by atoms with Gasteiger partial charge in [-0.25, -0.2) is 0 Å². The maximum absolute atomic E-state index is 8.58. The van der Waals surface area contributed by atoms with E-state index < -0.39 is 0 Å². The first-order valence-corrected chi connectivity index (χ1v) is 4.99. The molecular formula is C12H20O. The van der Waals surface area contributed by atoms with Crippen LogP contribution < -0.4 is 0 Å². The first-order valence-electron chi connectivity index (χ1n) is 4.99. The number of aliphatic hydroxyl groups is 1. The van der Waals surface area contributed by atoms with Crippen molar-refractivity contribution in [2.45, 2.75) is 33.6 Å². The highest BCUT2D eigenvalue weighted by molar-refractivity contribution is 5.21. The Morgan fingerprint density at radius 1 is 1.08 bits per heavy atom. The van der Waals surface area contributed by atoms with E-state index in [9.17, 15) is 0 Å². The zero-order valence-corrected chi connectivity index (χ0v) is 8.88. The highest BCUT2D eigenvalue weighted by Gasteiger charge is 1.90. The van der Waals surface area contributed by atoms with Gasteiger partial charge < -0.3 is 5.11 Å². The van der Waals surface area contributed by atoms with Gasteiger partial charge in [0.1, 0.15) is 0 Å². The third-order valence-electron chi connectivity index (χ3n) is 1.74. The van der Waals surface area contributed by atoms with Crippen LogP contribution >= 0.6 is 0 Å². The van der Waals surface area contributed by atoms with E-state index >= 15 is 0 Å². The predicted molar refractivity (Wildman–Crippen MR) is 57.9 cm³/mol. The van der Waals surface area contributed by atoms with Crippen molar-refractivity contribution in [3.8, 4) is 0 Å². The molecule has 1 aromatic rings. The van der Waals surface area contributed by atoms with Crippen molar-refractivity contribution in [3.63, 3.8) is 0 Å². The molecule has 1 heteroatoms. The van der Waals surface area contributed by atoms with Gasteiger partial charge in [0.15, 0.2) is 0 Å². The van der Waals surface area contributed by atoms with Crippen LogP contribution in [0.25, 0.3) is 0 Å². The van der Waals surface area contributed by atoms with E-state index in [0.29, 0.717) is 0 Å². The molecule has 1 rings (SSSR count). The second-order valence-corrected chi connectivity index (χ2v) is 2.81. The van der Waals surface area contributed by atoms with E-state index in [1.807, 2.05) is 13.8 Å². The van der Waals surface area contributed by atoms with E-state index in [0.717, 1.165) is 12.8 Å². The van der Waals surface area contributed by atoms with Crippen molar-refractivity contribution < 1.29 is 5.11 Å². The molecule has 0 aliphatic rings. The van der Waals surface area contributed by atoms with Crippen LogP contribution in [0, 0.1) is 6.92 Å². The molecule has 0 unspecified atom stereocenters. The smallest absolute Gasteiger partial charge is 0.0434 e. The molecule has 0 amide bonds. The number of rotatable bonds is 3. The lowest BCUT2D eigenvalue weighted by molar-refractivity contribution is 0.288. The van der Waals surface area contributed by atoms with Gasteiger partial charge in [-0.05, 0) is 25.3 Å². The predicted octanol–water partition coefficient (Wildman–Crippen LogP) is 2.95. The molecule has 0 fully saturated rings. The molecule has 0 saturated carbocycles. The van der Waals surface area contributed by atoms with Crippen molar-refractivity contribution in [1.29, 1.82) is 0 Å². The molecule has 0 aliphatic carbocycles. The summed E-state index contributed by atoms with van der Waals surface area (Å²) in [6, 6.07) is 8.44. The van der Waals surface area contributed by atoms with Crippen molar-refractivity contribution in [2.24, 2.45) is 0 Å². The number of hydrogen-bond acceptors (Lipinski definition) is 1. The zero-order valence-electron chi connectivity index (χ0n) is 8.88. The molecule has 13 heavy (non-hydrogen) atoms. The minimum atomic E-state index is 0.286. The van der Waals surface area contributed by atoms with Crippen LogP contribution in [0.2, 0.25) is 0 Å². The van der Waals surface area contributed by atoms with Gasteiger partial charge in [-0.1, -0.05) is 43.7 Å². The van der Waals surface area contributed by atoms with E-state index in [2.05, 4.69) is 31.2 Å². The van der Waals surface area contributed by atoms with Gasteiger partial charge in [0.05, 0.1) is 0 Å². The van der Waals surface area contributed by atoms with Crippen LogP contribution in [0.15, 0.2) is 24.3 Å². The van der Waals surface area contributed by atoms with Crippen molar-refractivity contribution in [2.75, 3.05) is 6.61 Å². The van der Waals surface area contributed by atoms with Gasteiger partial charge >= 0.3 is 0 Å². The van der Waals surface area contributed by atoms with Crippen molar-refractivity contribution in [3.05, 3.63) is 35.4 Å². The maximum Gasteiger partial charge on any atom is 0.0434 e. The fourth-order valence-corrected chi connectivity index (χ4v) is 1.04. The Morgan fingerprint density at radius 2 is 1.62 bits per heavy atom. The van der Waals surface area contributed by atoms with Gasteiger partial charge in [0, 0.05) is 6.61 Å². The monoisotopic (exact) mass is 180 g/mol. The number of hydrogen-bond donors (Lipinski definition) is 1. The maximum atomic E-state index is 8.58. The average molecular weight is 180 g/mol. The first-order chi connectivity index (χ1) is 6.33. The normalized spacial score (nSPS) is 8.92. The third-order valence-corrected chi connectivity index (χ3v) is 1.74. The minimum Gasteiger partial charge on any atom is -0.396 e. The lowest BCUT2D eigenvalue weighted by Crippen LogP contribution is -1.88. The average Bonchev–Trinajstić information content (AvgIpc) is 2.20. The highest BCUT2D eigenvalue weighted by Crippen LogP contribution is 2.04. The molecule has 0 saturated heterocycles. The Balaban J connectivity index is 0.000000671. The summed E-state index contributed by atoms with van der Waals surface area (Å²) < 4.78 is 0. The van der Waals surface area contributed by atoms with Gasteiger partial charge in [-0.3, -0.25) is 0 Å². The first kappa shape index (κ1) is 12.2. The van der Waals surface area contributed by atoms with Gasteiger partial charge in [-0.2, -0.15) is 0 Å². The van der Waals surface area contributed by atoms with Crippen molar-refractivity contribution >= 4 is 0 Å². The molecule has 0 heterocycles. The summed E-state index contributed by atoms with van der Waals surface area (Å²) in [7, 11) is 0. The Labute approximate surface area is 81.4 Å². The highest BCUT2D eigenvalue weighted by atomic mass is 16.2. The fraction of sp³-hybridized carbons (Fsp3) is 0.500. The summed E-state index contributed by atoms with van der Waals surface area (Å²) in [5, 5.41) is 8.58.